The summed E-state index contributed by atoms with van der Waals surface area (Å²) in [4.78, 5) is 20.1. The molecule has 120 valence electrons. The third-order valence-electron chi connectivity index (χ3n) is 4.63. The number of nitrogens with zero attached hydrogens (tertiary/aromatic N) is 3. The number of aliphatic carboxylic acids is 1. The van der Waals surface area contributed by atoms with E-state index in [1.807, 2.05) is 12.1 Å². The predicted molar refractivity (Wildman–Crippen MR) is 81.3 cm³/mol. The van der Waals surface area contributed by atoms with Crippen LogP contribution in [0.15, 0.2) is 18.3 Å². The number of hydrogen-bond acceptors (Lipinski definition) is 6. The van der Waals surface area contributed by atoms with E-state index in [4.69, 9.17) is 10.5 Å². The Hall–Kier alpha value is -1.70. The normalized spacial score (nSPS) is 27.1. The highest BCUT2D eigenvalue weighted by molar-refractivity contribution is 5.79. The standard InChI is InChI=1S/C15H22N4O3/c16-13-9-12(1-3-17-13)10-18-4-6-19(7-5-18)15(14(20)21)2-8-22-11-15/h1,3,9H,2,4-8,10-11H2,(H2,16,17)(H,20,21). The highest BCUT2D eigenvalue weighted by Gasteiger charge is 2.48. The summed E-state index contributed by atoms with van der Waals surface area (Å²) in [6.45, 7) is 4.82. The molecule has 0 spiro atoms. The molecule has 1 atom stereocenters. The van der Waals surface area contributed by atoms with Crippen LogP contribution in [0.2, 0.25) is 0 Å². The minimum absolute atomic E-state index is 0.295. The molecule has 2 aliphatic rings. The van der Waals surface area contributed by atoms with Crippen LogP contribution >= 0.6 is 0 Å². The molecule has 0 saturated carbocycles. The number of carboxylic acid groups (broad SMARTS) is 1. The number of hydrogen-bond donors (Lipinski definition) is 2. The molecule has 1 aromatic rings. The van der Waals surface area contributed by atoms with Gasteiger partial charge in [0.2, 0.25) is 0 Å². The number of ether oxygens (including phenoxy) is 1. The molecule has 1 aromatic heterocycles. The Morgan fingerprint density at radius 1 is 1.41 bits per heavy atom. The molecule has 22 heavy (non-hydrogen) atoms. The quantitative estimate of drug-likeness (QED) is 0.810. The number of anilines is 1. The Morgan fingerprint density at radius 2 is 2.18 bits per heavy atom. The smallest absolute Gasteiger partial charge is 0.326 e. The molecule has 0 amide bonds. The maximum Gasteiger partial charge on any atom is 0.326 e. The number of pyridine rings is 1. The lowest BCUT2D eigenvalue weighted by Gasteiger charge is -2.42. The second-order valence-electron chi connectivity index (χ2n) is 5.99. The van der Waals surface area contributed by atoms with Gasteiger partial charge >= 0.3 is 5.97 Å². The monoisotopic (exact) mass is 306 g/mol. The van der Waals surface area contributed by atoms with E-state index in [0.29, 0.717) is 25.5 Å². The van der Waals surface area contributed by atoms with Crippen molar-refractivity contribution in [2.45, 2.75) is 18.5 Å². The van der Waals surface area contributed by atoms with Crippen molar-refractivity contribution < 1.29 is 14.6 Å². The van der Waals surface area contributed by atoms with Gasteiger partial charge in [-0.3, -0.25) is 14.6 Å². The van der Waals surface area contributed by atoms with Crippen LogP contribution < -0.4 is 5.73 Å². The molecule has 2 saturated heterocycles. The van der Waals surface area contributed by atoms with Crippen LogP contribution in [0, 0.1) is 0 Å². The lowest BCUT2D eigenvalue weighted by Crippen LogP contribution is -2.61. The van der Waals surface area contributed by atoms with Crippen LogP contribution in [0.4, 0.5) is 5.82 Å². The molecule has 3 rings (SSSR count). The van der Waals surface area contributed by atoms with E-state index in [9.17, 15) is 9.90 Å². The van der Waals surface area contributed by atoms with E-state index in [1.54, 1.807) is 6.20 Å². The Bertz CT molecular complexity index is 537. The zero-order valence-electron chi connectivity index (χ0n) is 12.6. The van der Waals surface area contributed by atoms with Gasteiger partial charge < -0.3 is 15.6 Å². The highest BCUT2D eigenvalue weighted by atomic mass is 16.5. The van der Waals surface area contributed by atoms with Crippen molar-refractivity contribution in [1.29, 1.82) is 0 Å². The zero-order chi connectivity index (χ0) is 15.6. The average Bonchev–Trinajstić information content (AvgIpc) is 2.99. The molecule has 2 aliphatic heterocycles. The van der Waals surface area contributed by atoms with Gasteiger partial charge in [-0.05, 0) is 17.7 Å². The van der Waals surface area contributed by atoms with Crippen molar-refractivity contribution >= 4 is 11.8 Å². The van der Waals surface area contributed by atoms with Gasteiger partial charge in [-0.15, -0.1) is 0 Å². The molecule has 7 heteroatoms. The van der Waals surface area contributed by atoms with Crippen molar-refractivity contribution in [1.82, 2.24) is 14.8 Å². The van der Waals surface area contributed by atoms with Gasteiger partial charge in [0.05, 0.1) is 6.61 Å². The topological polar surface area (TPSA) is 91.9 Å². The van der Waals surface area contributed by atoms with Crippen LogP contribution in [-0.2, 0) is 16.1 Å². The molecule has 0 radical (unpaired) electrons. The molecule has 2 fully saturated rings. The van der Waals surface area contributed by atoms with Gasteiger partial charge in [-0.1, -0.05) is 0 Å². The van der Waals surface area contributed by atoms with Crippen LogP contribution in [0.25, 0.3) is 0 Å². The predicted octanol–water partition coefficient (Wildman–Crippen LogP) is 0.0251. The van der Waals surface area contributed by atoms with Crippen LogP contribution in [0.5, 0.6) is 0 Å². The van der Waals surface area contributed by atoms with Gasteiger partial charge in [-0.25, -0.2) is 4.98 Å². The number of rotatable bonds is 4. The molecule has 3 heterocycles. The lowest BCUT2D eigenvalue weighted by atomic mass is 9.95. The molecule has 0 aliphatic carbocycles. The molecule has 0 bridgehead atoms. The summed E-state index contributed by atoms with van der Waals surface area (Å²) in [6.07, 6.45) is 2.29. The first-order chi connectivity index (χ1) is 10.6. The lowest BCUT2D eigenvalue weighted by molar-refractivity contribution is -0.153. The van der Waals surface area contributed by atoms with Gasteiger partial charge in [0.15, 0.2) is 0 Å². The van der Waals surface area contributed by atoms with Crippen molar-refractivity contribution in [2.75, 3.05) is 45.1 Å². The second-order valence-corrected chi connectivity index (χ2v) is 5.99. The third-order valence-corrected chi connectivity index (χ3v) is 4.63. The SMILES string of the molecule is Nc1cc(CN2CCN(C3(C(=O)O)CCOC3)CC2)ccn1. The van der Waals surface area contributed by atoms with Gasteiger partial charge in [0.1, 0.15) is 11.4 Å². The first-order valence-electron chi connectivity index (χ1n) is 7.59. The van der Waals surface area contributed by atoms with Crippen LogP contribution in [0.1, 0.15) is 12.0 Å². The van der Waals surface area contributed by atoms with Crippen molar-refractivity contribution in [3.8, 4) is 0 Å². The van der Waals surface area contributed by atoms with Crippen LogP contribution in [-0.4, -0.2) is 70.8 Å². The summed E-state index contributed by atoms with van der Waals surface area (Å²) in [5.74, 6) is -0.232. The van der Waals surface area contributed by atoms with Crippen LogP contribution in [0.3, 0.4) is 0 Å². The zero-order valence-corrected chi connectivity index (χ0v) is 12.6. The number of piperazine rings is 1. The van der Waals surface area contributed by atoms with E-state index >= 15 is 0 Å². The summed E-state index contributed by atoms with van der Waals surface area (Å²) in [5, 5.41) is 9.59. The fourth-order valence-electron chi connectivity index (χ4n) is 3.29. The van der Waals surface area contributed by atoms with E-state index in [-0.39, 0.29) is 0 Å². The minimum Gasteiger partial charge on any atom is -0.480 e. The van der Waals surface area contributed by atoms with Crippen molar-refractivity contribution in [2.24, 2.45) is 0 Å². The Balaban J connectivity index is 1.59. The number of nitrogen functional groups attached to an aromatic ring is 1. The van der Waals surface area contributed by atoms with Gasteiger partial charge in [0, 0.05) is 51.9 Å². The molecular formula is C15H22N4O3. The Labute approximate surface area is 129 Å². The summed E-state index contributed by atoms with van der Waals surface area (Å²) >= 11 is 0. The van der Waals surface area contributed by atoms with E-state index in [0.717, 1.165) is 38.3 Å². The number of aromatic nitrogens is 1. The molecule has 1 unspecified atom stereocenters. The fraction of sp³-hybridized carbons (Fsp3) is 0.600. The summed E-state index contributed by atoms with van der Waals surface area (Å²) in [7, 11) is 0. The maximum atomic E-state index is 11.7. The molecule has 3 N–H and O–H groups in total. The Morgan fingerprint density at radius 3 is 2.77 bits per heavy atom. The molecule has 7 nitrogen and oxygen atoms in total. The molecule has 0 aromatic carbocycles. The van der Waals surface area contributed by atoms with E-state index in [1.165, 1.54) is 0 Å². The Kier molecular flexibility index (Phi) is 4.28. The summed E-state index contributed by atoms with van der Waals surface area (Å²) in [5.41, 5.74) is 6.01. The first kappa shape index (κ1) is 15.2. The average molecular weight is 306 g/mol. The summed E-state index contributed by atoms with van der Waals surface area (Å²) < 4.78 is 5.35. The van der Waals surface area contributed by atoms with E-state index < -0.39 is 11.5 Å². The highest BCUT2D eigenvalue weighted by Crippen LogP contribution is 2.28. The second kappa shape index (κ2) is 6.20. The van der Waals surface area contributed by atoms with Crippen molar-refractivity contribution in [3.05, 3.63) is 23.9 Å². The number of carbonyl (C=O) groups is 1. The summed E-state index contributed by atoms with van der Waals surface area (Å²) in [6, 6.07) is 3.85. The minimum atomic E-state index is -0.826. The van der Waals surface area contributed by atoms with E-state index in [2.05, 4.69) is 14.8 Å². The fourth-order valence-corrected chi connectivity index (χ4v) is 3.29. The van der Waals surface area contributed by atoms with Crippen molar-refractivity contribution in [3.63, 3.8) is 0 Å². The van der Waals surface area contributed by atoms with Gasteiger partial charge in [-0.2, -0.15) is 0 Å². The largest absolute Gasteiger partial charge is 0.480 e. The first-order valence-corrected chi connectivity index (χ1v) is 7.59. The number of carboxylic acids is 1. The maximum absolute atomic E-state index is 11.7. The third kappa shape index (κ3) is 2.92. The molecular weight excluding hydrogens is 284 g/mol. The number of nitrogens with two attached hydrogens (primary N) is 1. The van der Waals surface area contributed by atoms with Gasteiger partial charge in [0.25, 0.3) is 0 Å².